The van der Waals surface area contributed by atoms with Gasteiger partial charge in [-0.05, 0) is 43.1 Å². The Morgan fingerprint density at radius 2 is 1.58 bits per heavy atom. The van der Waals surface area contributed by atoms with Crippen molar-refractivity contribution in [3.05, 3.63) is 47.9 Å². The molecule has 1 aromatic rings. The van der Waals surface area contributed by atoms with E-state index in [1.807, 2.05) is 33.8 Å². The fraction of sp³-hybridized carbons (Fsp3) is 0.615. The average Bonchev–Trinajstić information content (AvgIpc) is 2.82. The van der Waals surface area contributed by atoms with E-state index in [9.17, 15) is 18.0 Å². The lowest BCUT2D eigenvalue weighted by Gasteiger charge is -2.49. The fourth-order valence-corrected chi connectivity index (χ4v) is 6.37. The van der Waals surface area contributed by atoms with Crippen LogP contribution in [0.4, 0.5) is 0 Å². The minimum atomic E-state index is -4.04. The van der Waals surface area contributed by atoms with Crippen molar-refractivity contribution in [3.63, 3.8) is 0 Å². The third kappa shape index (κ3) is 5.60. The maximum atomic E-state index is 13.8. The highest BCUT2D eigenvalue weighted by atomic mass is 32.2. The van der Waals surface area contributed by atoms with Crippen molar-refractivity contribution in [3.8, 4) is 0 Å². The molecule has 0 unspecified atom stereocenters. The molecule has 36 heavy (non-hydrogen) atoms. The molecule has 0 aliphatic carbocycles. The van der Waals surface area contributed by atoms with Crippen LogP contribution in [0.25, 0.3) is 0 Å². The minimum Gasteiger partial charge on any atom is -0.381 e. The van der Waals surface area contributed by atoms with Gasteiger partial charge >= 0.3 is 0 Å². The molecular weight excluding hydrogens is 482 g/mol. The number of nitrogens with zero attached hydrogens (tertiary/aromatic N) is 3. The summed E-state index contributed by atoms with van der Waals surface area (Å²) in [6.07, 6.45) is 2.55. The second kappa shape index (κ2) is 10.9. The summed E-state index contributed by atoms with van der Waals surface area (Å²) < 4.78 is 33.9. The Balaban J connectivity index is 1.80. The van der Waals surface area contributed by atoms with Crippen LogP contribution in [-0.2, 0) is 34.9 Å². The standard InChI is InChI=1S/C26H37N3O6S/c1-18(2)14-22-25(30)27(21-10-12-34-13-11-21)16-24-28(22)26(31)23(15-19(3)4)35-29(24)36(32,33)17-20-8-6-5-7-9-20/h5-9,16,18-19,21-23H,10-15,17H2,1-4H3/t22-,23+/m0/s1. The lowest BCUT2D eigenvalue weighted by atomic mass is 9.96. The van der Waals surface area contributed by atoms with Gasteiger partial charge in [0.15, 0.2) is 11.9 Å². The Morgan fingerprint density at radius 1 is 0.944 bits per heavy atom. The molecule has 2 saturated heterocycles. The molecule has 10 heteroatoms. The monoisotopic (exact) mass is 519 g/mol. The lowest BCUT2D eigenvalue weighted by molar-refractivity contribution is -0.199. The van der Waals surface area contributed by atoms with E-state index in [2.05, 4.69) is 0 Å². The number of rotatable bonds is 8. The molecule has 0 radical (unpaired) electrons. The molecule has 1 aromatic carbocycles. The molecule has 4 rings (SSSR count). The van der Waals surface area contributed by atoms with Gasteiger partial charge in [-0.2, -0.15) is 0 Å². The summed E-state index contributed by atoms with van der Waals surface area (Å²) in [6, 6.07) is 7.94. The molecule has 2 atom stereocenters. The second-order valence-electron chi connectivity index (χ2n) is 10.6. The molecule has 0 saturated carbocycles. The molecule has 2 fully saturated rings. The quantitative estimate of drug-likeness (QED) is 0.523. The number of hydrogen-bond acceptors (Lipinski definition) is 6. The molecule has 2 amide bonds. The first-order valence-electron chi connectivity index (χ1n) is 12.8. The van der Waals surface area contributed by atoms with Crippen molar-refractivity contribution >= 4 is 21.8 Å². The van der Waals surface area contributed by atoms with Crippen LogP contribution in [0.15, 0.2) is 42.4 Å². The predicted octanol–water partition coefficient (Wildman–Crippen LogP) is 3.24. The van der Waals surface area contributed by atoms with Gasteiger partial charge in [0.25, 0.3) is 15.9 Å². The number of ether oxygens (including phenoxy) is 1. The molecule has 3 heterocycles. The second-order valence-corrected chi connectivity index (χ2v) is 12.4. The van der Waals surface area contributed by atoms with Crippen LogP contribution in [0.2, 0.25) is 0 Å². The first kappa shape index (κ1) is 26.6. The number of fused-ring (bicyclic) bond motifs is 1. The number of carbonyl (C=O) groups is 2. The van der Waals surface area contributed by atoms with Crippen LogP contribution in [0.3, 0.4) is 0 Å². The summed E-state index contributed by atoms with van der Waals surface area (Å²) >= 11 is 0. The SMILES string of the molecule is CC(C)C[C@H]1ON(S(=O)(=O)Cc2ccccc2)C2=CN(C3CCOCC3)C(=O)[C@H](CC(C)C)N2C1=O. The maximum absolute atomic E-state index is 13.8. The van der Waals surface area contributed by atoms with Crippen molar-refractivity contribution in [2.24, 2.45) is 11.8 Å². The summed E-state index contributed by atoms with van der Waals surface area (Å²) in [4.78, 5) is 36.4. The van der Waals surface area contributed by atoms with E-state index in [0.717, 1.165) is 4.47 Å². The average molecular weight is 520 g/mol. The number of hydrogen-bond donors (Lipinski definition) is 0. The van der Waals surface area contributed by atoms with Crippen molar-refractivity contribution in [2.75, 3.05) is 13.2 Å². The van der Waals surface area contributed by atoms with E-state index in [1.54, 1.807) is 29.2 Å². The van der Waals surface area contributed by atoms with E-state index >= 15 is 0 Å². The summed E-state index contributed by atoms with van der Waals surface area (Å²) in [6.45, 7) is 8.93. The predicted molar refractivity (Wildman–Crippen MR) is 134 cm³/mol. The maximum Gasteiger partial charge on any atom is 0.263 e. The number of hydroxylamine groups is 1. The summed E-state index contributed by atoms with van der Waals surface area (Å²) in [5, 5.41) is 0. The molecule has 0 bridgehead atoms. The van der Waals surface area contributed by atoms with Crippen molar-refractivity contribution in [1.29, 1.82) is 0 Å². The topological polar surface area (TPSA) is 96.5 Å². The smallest absolute Gasteiger partial charge is 0.263 e. The fourth-order valence-electron chi connectivity index (χ4n) is 4.99. The highest BCUT2D eigenvalue weighted by molar-refractivity contribution is 7.88. The van der Waals surface area contributed by atoms with Crippen molar-refractivity contribution in [2.45, 2.75) is 77.3 Å². The summed E-state index contributed by atoms with van der Waals surface area (Å²) in [5.74, 6) is -0.547. The highest BCUT2D eigenvalue weighted by Crippen LogP contribution is 2.37. The van der Waals surface area contributed by atoms with Crippen LogP contribution < -0.4 is 0 Å². The van der Waals surface area contributed by atoms with Gasteiger partial charge in [0.05, 0.1) is 12.0 Å². The third-order valence-electron chi connectivity index (χ3n) is 6.68. The Bertz CT molecular complexity index is 1080. The largest absolute Gasteiger partial charge is 0.381 e. The van der Waals surface area contributed by atoms with Crippen molar-refractivity contribution < 1.29 is 27.6 Å². The molecular formula is C26H37N3O6S. The minimum absolute atomic E-state index is 0.0888. The zero-order valence-electron chi connectivity index (χ0n) is 21.5. The van der Waals surface area contributed by atoms with E-state index < -0.39 is 22.2 Å². The zero-order valence-corrected chi connectivity index (χ0v) is 22.3. The summed E-state index contributed by atoms with van der Waals surface area (Å²) in [7, 11) is -4.04. The van der Waals surface area contributed by atoms with Gasteiger partial charge in [-0.15, -0.1) is 4.47 Å². The van der Waals surface area contributed by atoms with Gasteiger partial charge in [-0.25, -0.2) is 13.3 Å². The van der Waals surface area contributed by atoms with Crippen LogP contribution in [0.1, 0.15) is 58.9 Å². The zero-order chi connectivity index (χ0) is 26.0. The molecule has 0 aromatic heterocycles. The Morgan fingerprint density at radius 3 is 2.19 bits per heavy atom. The van der Waals surface area contributed by atoms with Crippen molar-refractivity contribution in [1.82, 2.24) is 14.3 Å². The van der Waals surface area contributed by atoms with Crippen LogP contribution >= 0.6 is 0 Å². The molecule has 0 N–H and O–H groups in total. The van der Waals surface area contributed by atoms with E-state index in [-0.39, 0.29) is 41.3 Å². The van der Waals surface area contributed by atoms with Gasteiger partial charge in [0.2, 0.25) is 5.91 Å². The normalized spacial score (nSPS) is 23.9. The number of benzene rings is 1. The van der Waals surface area contributed by atoms with Gasteiger partial charge in [-0.3, -0.25) is 14.5 Å². The molecule has 3 aliphatic rings. The molecule has 0 spiro atoms. The first-order valence-corrected chi connectivity index (χ1v) is 14.4. The lowest BCUT2D eigenvalue weighted by Crippen LogP contribution is -2.64. The third-order valence-corrected chi connectivity index (χ3v) is 8.16. The Hall–Kier alpha value is -2.43. The molecule has 3 aliphatic heterocycles. The van der Waals surface area contributed by atoms with E-state index in [1.165, 1.54) is 11.1 Å². The first-order chi connectivity index (χ1) is 17.1. The number of sulfonamides is 1. The van der Waals surface area contributed by atoms with Gasteiger partial charge < -0.3 is 9.64 Å². The number of carbonyl (C=O) groups excluding carboxylic acids is 2. The Labute approximate surface area is 214 Å². The van der Waals surface area contributed by atoms with Crippen LogP contribution in [0, 0.1) is 11.8 Å². The highest BCUT2D eigenvalue weighted by Gasteiger charge is 2.51. The van der Waals surface area contributed by atoms with E-state index in [0.29, 0.717) is 44.5 Å². The molecule has 9 nitrogen and oxygen atoms in total. The van der Waals surface area contributed by atoms with Crippen LogP contribution in [-0.4, -0.2) is 65.9 Å². The molecule has 198 valence electrons. The summed E-state index contributed by atoms with van der Waals surface area (Å²) in [5.41, 5.74) is 0.609. The van der Waals surface area contributed by atoms with Gasteiger partial charge in [0, 0.05) is 19.3 Å². The van der Waals surface area contributed by atoms with E-state index in [4.69, 9.17) is 9.57 Å². The van der Waals surface area contributed by atoms with Crippen LogP contribution in [0.5, 0.6) is 0 Å². The van der Waals surface area contributed by atoms with Gasteiger partial charge in [-0.1, -0.05) is 58.0 Å². The van der Waals surface area contributed by atoms with Gasteiger partial charge in [0.1, 0.15) is 6.04 Å². The Kier molecular flexibility index (Phi) is 8.06. The number of amides is 2.